The van der Waals surface area contributed by atoms with Crippen molar-refractivity contribution in [3.05, 3.63) is 34.7 Å². The van der Waals surface area contributed by atoms with Crippen molar-refractivity contribution in [2.24, 2.45) is 0 Å². The van der Waals surface area contributed by atoms with E-state index in [0.717, 1.165) is 0 Å². The first-order chi connectivity index (χ1) is 9.02. The highest BCUT2D eigenvalue weighted by atomic mass is 35.5. The summed E-state index contributed by atoms with van der Waals surface area (Å²) in [6.45, 7) is 4.21. The topological polar surface area (TPSA) is 85.8 Å². The Morgan fingerprint density at radius 2 is 2.26 bits per heavy atom. The molecule has 0 aromatic carbocycles. The summed E-state index contributed by atoms with van der Waals surface area (Å²) in [6, 6.07) is 4.99. The first-order valence-electron chi connectivity index (χ1n) is 5.79. The second kappa shape index (κ2) is 5.27. The lowest BCUT2D eigenvalue weighted by Gasteiger charge is -2.07. The molecule has 0 aliphatic heterocycles. The SMILES string of the molecule is CCn1nc(C)c(N)c1C(=O)Nc1cccc(Cl)n1. The van der Waals surface area contributed by atoms with Crippen LogP contribution >= 0.6 is 11.6 Å². The smallest absolute Gasteiger partial charge is 0.277 e. The summed E-state index contributed by atoms with van der Waals surface area (Å²) in [5.41, 5.74) is 7.21. The van der Waals surface area contributed by atoms with Gasteiger partial charge >= 0.3 is 0 Å². The molecule has 19 heavy (non-hydrogen) atoms. The molecule has 0 atom stereocenters. The summed E-state index contributed by atoms with van der Waals surface area (Å²) < 4.78 is 1.56. The number of aryl methyl sites for hydroxylation is 2. The molecule has 1 amide bonds. The van der Waals surface area contributed by atoms with Gasteiger partial charge < -0.3 is 11.1 Å². The number of aromatic nitrogens is 3. The summed E-state index contributed by atoms with van der Waals surface area (Å²) in [4.78, 5) is 16.2. The quantitative estimate of drug-likeness (QED) is 0.843. The number of nitrogens with one attached hydrogen (secondary N) is 1. The maximum atomic E-state index is 12.2. The summed E-state index contributed by atoms with van der Waals surface area (Å²) in [6.07, 6.45) is 0. The van der Waals surface area contributed by atoms with Gasteiger partial charge in [0.25, 0.3) is 5.91 Å². The third-order valence-corrected chi connectivity index (χ3v) is 2.86. The maximum Gasteiger partial charge on any atom is 0.277 e. The third-order valence-electron chi connectivity index (χ3n) is 2.65. The number of anilines is 2. The van der Waals surface area contributed by atoms with E-state index in [-0.39, 0.29) is 5.91 Å². The van der Waals surface area contributed by atoms with E-state index >= 15 is 0 Å². The Bertz CT molecular complexity index is 623. The second-order valence-corrected chi connectivity index (χ2v) is 4.35. The van der Waals surface area contributed by atoms with Crippen molar-refractivity contribution in [2.75, 3.05) is 11.1 Å². The van der Waals surface area contributed by atoms with Gasteiger partial charge in [-0.25, -0.2) is 4.98 Å². The van der Waals surface area contributed by atoms with Gasteiger partial charge in [-0.05, 0) is 26.0 Å². The fourth-order valence-electron chi connectivity index (χ4n) is 1.72. The number of carbonyl (C=O) groups excluding carboxylic acids is 1. The van der Waals surface area contributed by atoms with Crippen LogP contribution in [0.4, 0.5) is 11.5 Å². The molecule has 0 saturated carbocycles. The summed E-state index contributed by atoms with van der Waals surface area (Å²) in [7, 11) is 0. The van der Waals surface area contributed by atoms with Crippen LogP contribution in [0.5, 0.6) is 0 Å². The van der Waals surface area contributed by atoms with Gasteiger partial charge in [0, 0.05) is 6.54 Å². The molecule has 2 aromatic heterocycles. The number of hydrogen-bond donors (Lipinski definition) is 2. The monoisotopic (exact) mass is 279 g/mol. The highest BCUT2D eigenvalue weighted by Gasteiger charge is 2.19. The third kappa shape index (κ3) is 2.68. The number of halogens is 1. The lowest BCUT2D eigenvalue weighted by atomic mass is 10.3. The Kier molecular flexibility index (Phi) is 3.71. The van der Waals surface area contributed by atoms with Gasteiger partial charge in [-0.2, -0.15) is 5.10 Å². The highest BCUT2D eigenvalue weighted by Crippen LogP contribution is 2.18. The minimum atomic E-state index is -0.352. The molecular formula is C12H14ClN5O. The van der Waals surface area contributed by atoms with Gasteiger partial charge in [-0.15, -0.1) is 0 Å². The van der Waals surface area contributed by atoms with Crippen LogP contribution in [-0.4, -0.2) is 20.7 Å². The number of pyridine rings is 1. The largest absolute Gasteiger partial charge is 0.395 e. The van der Waals surface area contributed by atoms with Crippen molar-refractivity contribution in [2.45, 2.75) is 20.4 Å². The number of rotatable bonds is 3. The van der Waals surface area contributed by atoms with Crippen LogP contribution in [0.15, 0.2) is 18.2 Å². The number of nitrogens with zero attached hydrogens (tertiary/aromatic N) is 3. The van der Waals surface area contributed by atoms with E-state index in [0.29, 0.717) is 34.6 Å². The molecule has 0 saturated heterocycles. The molecule has 0 spiro atoms. The van der Waals surface area contributed by atoms with Crippen molar-refractivity contribution in [1.82, 2.24) is 14.8 Å². The molecule has 6 nitrogen and oxygen atoms in total. The van der Waals surface area contributed by atoms with Crippen molar-refractivity contribution < 1.29 is 4.79 Å². The number of nitrogens with two attached hydrogens (primary N) is 1. The fourth-order valence-corrected chi connectivity index (χ4v) is 1.88. The minimum Gasteiger partial charge on any atom is -0.395 e. The van der Waals surface area contributed by atoms with Gasteiger partial charge in [0.05, 0.1) is 11.4 Å². The maximum absolute atomic E-state index is 12.2. The van der Waals surface area contributed by atoms with Gasteiger partial charge in [0.15, 0.2) is 0 Å². The standard InChI is InChI=1S/C12H14ClN5O/c1-3-18-11(10(14)7(2)17-18)12(19)16-9-6-4-5-8(13)15-9/h4-6H,3,14H2,1-2H3,(H,15,16,19). The van der Waals surface area contributed by atoms with Crippen molar-refractivity contribution in [3.8, 4) is 0 Å². The van der Waals surface area contributed by atoms with E-state index in [4.69, 9.17) is 17.3 Å². The molecule has 0 aliphatic rings. The zero-order chi connectivity index (χ0) is 14.0. The molecule has 2 rings (SSSR count). The predicted molar refractivity (Wildman–Crippen MR) is 74.3 cm³/mol. The van der Waals surface area contributed by atoms with Crippen molar-refractivity contribution in [1.29, 1.82) is 0 Å². The molecule has 7 heteroatoms. The molecule has 100 valence electrons. The summed E-state index contributed by atoms with van der Waals surface area (Å²) >= 11 is 5.76. The second-order valence-electron chi connectivity index (χ2n) is 3.96. The van der Waals surface area contributed by atoms with E-state index < -0.39 is 0 Å². The van der Waals surface area contributed by atoms with Crippen molar-refractivity contribution >= 4 is 29.0 Å². The Balaban J connectivity index is 2.30. The summed E-state index contributed by atoms with van der Waals surface area (Å²) in [5, 5.41) is 7.16. The zero-order valence-corrected chi connectivity index (χ0v) is 11.4. The Morgan fingerprint density at radius 3 is 2.89 bits per heavy atom. The summed E-state index contributed by atoms with van der Waals surface area (Å²) in [5.74, 6) is 0.0214. The molecule has 2 aromatic rings. The average molecular weight is 280 g/mol. The molecular weight excluding hydrogens is 266 g/mol. The molecule has 2 heterocycles. The van der Waals surface area contributed by atoms with Crippen LogP contribution in [0.3, 0.4) is 0 Å². The first kappa shape index (κ1) is 13.4. The lowest BCUT2D eigenvalue weighted by Crippen LogP contribution is -2.19. The average Bonchev–Trinajstić information content (AvgIpc) is 2.65. The zero-order valence-electron chi connectivity index (χ0n) is 10.6. The van der Waals surface area contributed by atoms with Crippen LogP contribution in [0.25, 0.3) is 0 Å². The van der Waals surface area contributed by atoms with Gasteiger partial charge in [-0.1, -0.05) is 17.7 Å². The normalized spacial score (nSPS) is 10.5. The Hall–Kier alpha value is -2.08. The molecule has 0 aliphatic carbocycles. The van der Waals surface area contributed by atoms with Crippen LogP contribution in [0.2, 0.25) is 5.15 Å². The first-order valence-corrected chi connectivity index (χ1v) is 6.17. The van der Waals surface area contributed by atoms with E-state index in [1.807, 2.05) is 6.92 Å². The fraction of sp³-hybridized carbons (Fsp3) is 0.250. The van der Waals surface area contributed by atoms with Crippen LogP contribution in [-0.2, 0) is 6.54 Å². The Labute approximate surface area is 115 Å². The highest BCUT2D eigenvalue weighted by molar-refractivity contribution is 6.29. The molecule has 0 fully saturated rings. The molecule has 3 N–H and O–H groups in total. The van der Waals surface area contributed by atoms with Gasteiger partial charge in [0.2, 0.25) is 0 Å². The lowest BCUT2D eigenvalue weighted by molar-refractivity contribution is 0.101. The van der Waals surface area contributed by atoms with E-state index in [1.165, 1.54) is 0 Å². The van der Waals surface area contributed by atoms with E-state index in [9.17, 15) is 4.79 Å². The van der Waals surface area contributed by atoms with Crippen LogP contribution in [0.1, 0.15) is 23.1 Å². The van der Waals surface area contributed by atoms with Gasteiger partial charge in [-0.3, -0.25) is 9.48 Å². The number of hydrogen-bond acceptors (Lipinski definition) is 4. The number of nitrogen functional groups attached to an aromatic ring is 1. The van der Waals surface area contributed by atoms with Crippen LogP contribution < -0.4 is 11.1 Å². The molecule has 0 radical (unpaired) electrons. The van der Waals surface area contributed by atoms with E-state index in [1.54, 1.807) is 29.8 Å². The van der Waals surface area contributed by atoms with E-state index in [2.05, 4.69) is 15.4 Å². The number of amides is 1. The minimum absolute atomic E-state index is 0.311. The molecule has 0 unspecified atom stereocenters. The Morgan fingerprint density at radius 1 is 1.53 bits per heavy atom. The van der Waals surface area contributed by atoms with Crippen molar-refractivity contribution in [3.63, 3.8) is 0 Å². The predicted octanol–water partition coefficient (Wildman–Crippen LogP) is 2.09. The number of carbonyl (C=O) groups is 1. The van der Waals surface area contributed by atoms with Gasteiger partial charge in [0.1, 0.15) is 16.7 Å². The van der Waals surface area contributed by atoms with Crippen LogP contribution in [0, 0.1) is 6.92 Å². The molecule has 0 bridgehead atoms.